The van der Waals surface area contributed by atoms with Gasteiger partial charge in [0.2, 0.25) is 19.7 Å². The zero-order valence-electron chi connectivity index (χ0n) is 22.6. The SMILES string of the molecule is CC(C)(C)c1ccc(S(=O)(=O)C2=C[C@]3(C)CC(S(=O)(=O)c4ccc(C(C)(C)C)cc4)=C[C@]3(C)C2)cc1. The Morgan fingerprint density at radius 1 is 0.556 bits per heavy atom. The molecular weight excluding hydrogens is 488 g/mol. The summed E-state index contributed by atoms with van der Waals surface area (Å²) in [5.41, 5.74) is 0.847. The van der Waals surface area contributed by atoms with Gasteiger partial charge >= 0.3 is 0 Å². The molecule has 2 aromatic rings. The highest BCUT2D eigenvalue weighted by Crippen LogP contribution is 2.62. The van der Waals surface area contributed by atoms with Gasteiger partial charge in [0.15, 0.2) is 0 Å². The van der Waals surface area contributed by atoms with Crippen LogP contribution in [0, 0.1) is 10.8 Å². The van der Waals surface area contributed by atoms with Crippen molar-refractivity contribution in [3.63, 3.8) is 0 Å². The van der Waals surface area contributed by atoms with Crippen molar-refractivity contribution in [2.45, 2.75) is 88.9 Å². The maximum Gasteiger partial charge on any atom is 0.202 e. The largest absolute Gasteiger partial charge is 0.219 e. The Bertz CT molecular complexity index is 1350. The first-order valence-corrected chi connectivity index (χ1v) is 15.4. The van der Waals surface area contributed by atoms with E-state index in [1.807, 2.05) is 50.3 Å². The van der Waals surface area contributed by atoms with E-state index in [4.69, 9.17) is 0 Å². The van der Waals surface area contributed by atoms with Crippen molar-refractivity contribution in [1.29, 1.82) is 0 Å². The van der Waals surface area contributed by atoms with E-state index in [2.05, 4.69) is 41.5 Å². The fourth-order valence-electron chi connectivity index (χ4n) is 5.29. The van der Waals surface area contributed by atoms with Crippen LogP contribution >= 0.6 is 0 Å². The van der Waals surface area contributed by atoms with E-state index in [1.54, 1.807) is 24.3 Å². The van der Waals surface area contributed by atoms with Crippen LogP contribution in [0.1, 0.15) is 79.4 Å². The molecule has 2 aromatic carbocycles. The lowest BCUT2D eigenvalue weighted by Crippen LogP contribution is -2.26. The van der Waals surface area contributed by atoms with Crippen LogP contribution in [0.2, 0.25) is 0 Å². The summed E-state index contributed by atoms with van der Waals surface area (Å²) in [7, 11) is -7.32. The van der Waals surface area contributed by atoms with Gasteiger partial charge in [-0.15, -0.1) is 0 Å². The van der Waals surface area contributed by atoms with Gasteiger partial charge < -0.3 is 0 Å². The zero-order chi connectivity index (χ0) is 26.9. The van der Waals surface area contributed by atoms with Gasteiger partial charge in [-0.3, -0.25) is 0 Å². The van der Waals surface area contributed by atoms with Crippen LogP contribution in [0.5, 0.6) is 0 Å². The number of hydrogen-bond donors (Lipinski definition) is 0. The first-order chi connectivity index (χ1) is 16.3. The lowest BCUT2D eigenvalue weighted by atomic mass is 9.70. The average molecular weight is 527 g/mol. The van der Waals surface area contributed by atoms with Crippen molar-refractivity contribution in [1.82, 2.24) is 0 Å². The van der Waals surface area contributed by atoms with Crippen LogP contribution in [0.15, 0.2) is 80.3 Å². The molecule has 0 radical (unpaired) electrons. The van der Waals surface area contributed by atoms with Crippen LogP contribution in [-0.4, -0.2) is 16.8 Å². The zero-order valence-corrected chi connectivity index (χ0v) is 24.3. The molecule has 0 saturated heterocycles. The van der Waals surface area contributed by atoms with Gasteiger partial charge in [-0.2, -0.15) is 0 Å². The van der Waals surface area contributed by atoms with Gasteiger partial charge in [-0.1, -0.05) is 91.8 Å². The fraction of sp³-hybridized carbons (Fsp3) is 0.467. The topological polar surface area (TPSA) is 68.3 Å². The number of rotatable bonds is 4. The van der Waals surface area contributed by atoms with Crippen LogP contribution < -0.4 is 0 Å². The second-order valence-corrected chi connectivity index (χ2v) is 17.0. The molecule has 194 valence electrons. The Hall–Kier alpha value is -2.18. The van der Waals surface area contributed by atoms with Crippen LogP contribution in [0.3, 0.4) is 0 Å². The Labute approximate surface area is 217 Å². The highest BCUT2D eigenvalue weighted by molar-refractivity contribution is 7.95. The third-order valence-electron chi connectivity index (χ3n) is 8.10. The molecule has 0 fully saturated rings. The number of benzene rings is 2. The van der Waals surface area contributed by atoms with E-state index in [9.17, 15) is 16.8 Å². The first-order valence-electron chi connectivity index (χ1n) is 12.4. The van der Waals surface area contributed by atoms with Gasteiger partial charge in [0, 0.05) is 20.6 Å². The molecule has 0 saturated carbocycles. The fourth-order valence-corrected chi connectivity index (χ4v) is 8.69. The van der Waals surface area contributed by atoms with Crippen molar-refractivity contribution < 1.29 is 16.8 Å². The van der Waals surface area contributed by atoms with Crippen LogP contribution in [0.25, 0.3) is 0 Å². The van der Waals surface area contributed by atoms with Crippen molar-refractivity contribution in [2.75, 3.05) is 0 Å². The number of sulfone groups is 2. The maximum absolute atomic E-state index is 13.5. The highest BCUT2D eigenvalue weighted by Gasteiger charge is 2.55. The van der Waals surface area contributed by atoms with Crippen molar-refractivity contribution >= 4 is 19.7 Å². The second kappa shape index (κ2) is 8.16. The lowest BCUT2D eigenvalue weighted by molar-refractivity contribution is 0.230. The molecule has 4 rings (SSSR count). The Kier molecular flexibility index (Phi) is 6.09. The summed E-state index contributed by atoms with van der Waals surface area (Å²) < 4.78 is 54.1. The van der Waals surface area contributed by atoms with E-state index < -0.39 is 30.5 Å². The molecule has 0 heterocycles. The molecule has 0 aliphatic heterocycles. The molecule has 0 unspecified atom stereocenters. The minimum Gasteiger partial charge on any atom is -0.219 e. The molecule has 0 aromatic heterocycles. The predicted molar refractivity (Wildman–Crippen MR) is 146 cm³/mol. The third-order valence-corrected chi connectivity index (χ3v) is 11.8. The molecule has 4 nitrogen and oxygen atoms in total. The van der Waals surface area contributed by atoms with Gasteiger partial charge in [0.1, 0.15) is 0 Å². The number of allylic oxidation sites excluding steroid dienone is 4. The molecule has 0 bridgehead atoms. The summed E-state index contributed by atoms with van der Waals surface area (Å²) in [6.45, 7) is 16.5. The minimum absolute atomic E-state index is 0.0628. The second-order valence-electron chi connectivity index (χ2n) is 13.0. The number of hydrogen-bond acceptors (Lipinski definition) is 4. The lowest BCUT2D eigenvalue weighted by Gasteiger charge is -2.33. The molecule has 0 amide bonds. The average Bonchev–Trinajstić information content (AvgIpc) is 3.18. The van der Waals surface area contributed by atoms with Crippen LogP contribution in [-0.2, 0) is 30.5 Å². The van der Waals surface area contributed by atoms with E-state index >= 15 is 0 Å². The summed E-state index contributed by atoms with van der Waals surface area (Å²) in [4.78, 5) is 1.31. The van der Waals surface area contributed by atoms with Crippen molar-refractivity contribution in [2.24, 2.45) is 10.8 Å². The van der Waals surface area contributed by atoms with Gasteiger partial charge in [-0.25, -0.2) is 16.8 Å². The quantitative estimate of drug-likeness (QED) is 0.425. The Balaban J connectivity index is 1.63. The maximum atomic E-state index is 13.5. The van der Waals surface area contributed by atoms with E-state index in [0.717, 1.165) is 11.1 Å². The number of fused-ring (bicyclic) bond motifs is 1. The molecule has 0 spiro atoms. The smallest absolute Gasteiger partial charge is 0.202 e. The summed E-state index contributed by atoms with van der Waals surface area (Å²) >= 11 is 0. The molecule has 0 N–H and O–H groups in total. The normalized spacial score (nSPS) is 24.9. The highest BCUT2D eigenvalue weighted by atomic mass is 32.2. The summed E-state index contributed by atoms with van der Waals surface area (Å²) in [6.07, 6.45) is 4.19. The summed E-state index contributed by atoms with van der Waals surface area (Å²) in [5.74, 6) is 0. The summed E-state index contributed by atoms with van der Waals surface area (Å²) in [5, 5.41) is 0. The molecular formula is C30H38O4S2. The Morgan fingerprint density at radius 2 is 0.833 bits per heavy atom. The van der Waals surface area contributed by atoms with E-state index in [-0.39, 0.29) is 33.5 Å². The van der Waals surface area contributed by atoms with Crippen molar-refractivity contribution in [3.05, 3.63) is 81.6 Å². The first kappa shape index (κ1) is 26.9. The van der Waals surface area contributed by atoms with Crippen LogP contribution in [0.4, 0.5) is 0 Å². The van der Waals surface area contributed by atoms with Gasteiger partial charge in [0.25, 0.3) is 0 Å². The standard InChI is InChI=1S/C30H38O4S2/c1-27(2,3)21-9-13-23(14-10-21)35(31,32)25-17-29(7)19-26(20-30(29,8)18-25)36(33,34)24-15-11-22(12-16-24)28(4,5)6/h9-17,20H,18-19H2,1-8H3/t29-,30+/m1/s1. The molecule has 2 aliphatic carbocycles. The van der Waals surface area contributed by atoms with E-state index in [1.165, 1.54) is 0 Å². The molecule has 2 aliphatic rings. The molecule has 6 heteroatoms. The molecule has 2 atom stereocenters. The van der Waals surface area contributed by atoms with E-state index in [0.29, 0.717) is 9.81 Å². The third kappa shape index (κ3) is 4.41. The monoisotopic (exact) mass is 526 g/mol. The van der Waals surface area contributed by atoms with Crippen molar-refractivity contribution in [3.8, 4) is 0 Å². The van der Waals surface area contributed by atoms with Gasteiger partial charge in [0.05, 0.1) is 9.79 Å². The molecule has 36 heavy (non-hydrogen) atoms. The minimum atomic E-state index is -3.66. The predicted octanol–water partition coefficient (Wildman–Crippen LogP) is 7.12. The summed E-state index contributed by atoms with van der Waals surface area (Å²) in [6, 6.07) is 14.2. The van der Waals surface area contributed by atoms with Gasteiger partial charge in [-0.05, 0) is 59.1 Å². The Morgan fingerprint density at radius 3 is 1.08 bits per heavy atom.